The molecule has 1 aromatic carbocycles. The summed E-state index contributed by atoms with van der Waals surface area (Å²) in [6.45, 7) is 1.92. The number of hydrogen-bond donors (Lipinski definition) is 2. The van der Waals surface area contributed by atoms with Crippen LogP contribution in [-0.4, -0.2) is 24.9 Å². The van der Waals surface area contributed by atoms with Crippen molar-refractivity contribution < 1.29 is 4.92 Å². The van der Waals surface area contributed by atoms with Crippen LogP contribution < -0.4 is 5.32 Å². The Morgan fingerprint density at radius 1 is 1.33 bits per heavy atom. The van der Waals surface area contributed by atoms with Crippen LogP contribution in [0.5, 0.6) is 0 Å². The summed E-state index contributed by atoms with van der Waals surface area (Å²) < 4.78 is 0. The number of nitro groups is 1. The second-order valence-corrected chi connectivity index (χ2v) is 4.52. The number of nitrogens with one attached hydrogen (secondary N) is 2. The van der Waals surface area contributed by atoms with E-state index in [-0.39, 0.29) is 11.7 Å². The largest absolute Gasteiger partial charge is 0.360 e. The zero-order valence-corrected chi connectivity index (χ0v) is 11.1. The first kappa shape index (κ1) is 13.0. The first-order valence-electron chi connectivity index (χ1n) is 6.30. The molecule has 3 aromatic rings. The average Bonchev–Trinajstić information content (AvgIpc) is 3.01. The second-order valence-electron chi connectivity index (χ2n) is 4.52. The lowest BCUT2D eigenvalue weighted by Gasteiger charge is -2.13. The first-order valence-corrected chi connectivity index (χ1v) is 6.30. The Labute approximate surface area is 119 Å². The summed E-state index contributed by atoms with van der Waals surface area (Å²) in [6.07, 6.45) is 4.82. The van der Waals surface area contributed by atoms with E-state index in [1.54, 1.807) is 18.5 Å². The number of hydrogen-bond acceptors (Lipinski definition) is 6. The first-order chi connectivity index (χ1) is 10.1. The fraction of sp³-hybridized carbons (Fsp3) is 0.154. The number of non-ortho nitro benzene ring substituents is 1. The number of nitrogens with zero attached hydrogens (tertiary/aromatic N) is 4. The van der Waals surface area contributed by atoms with E-state index in [1.807, 2.05) is 6.92 Å². The smallest absolute Gasteiger partial charge is 0.270 e. The predicted molar refractivity (Wildman–Crippen MR) is 76.8 cm³/mol. The third kappa shape index (κ3) is 2.50. The second kappa shape index (κ2) is 5.16. The Morgan fingerprint density at radius 3 is 2.90 bits per heavy atom. The van der Waals surface area contributed by atoms with Crippen molar-refractivity contribution in [2.45, 2.75) is 13.0 Å². The molecule has 2 N–H and O–H groups in total. The van der Waals surface area contributed by atoms with E-state index in [9.17, 15) is 10.1 Å². The summed E-state index contributed by atoms with van der Waals surface area (Å²) in [7, 11) is 0. The highest BCUT2D eigenvalue weighted by Gasteiger charge is 2.13. The molecule has 1 unspecified atom stereocenters. The van der Waals surface area contributed by atoms with Crippen LogP contribution in [0.15, 0.2) is 36.9 Å². The summed E-state index contributed by atoms with van der Waals surface area (Å²) in [5.74, 6) is 1.29. The van der Waals surface area contributed by atoms with Gasteiger partial charge >= 0.3 is 0 Å². The van der Waals surface area contributed by atoms with Crippen molar-refractivity contribution in [2.75, 3.05) is 5.32 Å². The zero-order valence-electron chi connectivity index (χ0n) is 11.1. The van der Waals surface area contributed by atoms with Gasteiger partial charge in [0.15, 0.2) is 0 Å². The van der Waals surface area contributed by atoms with Gasteiger partial charge in [-0.15, -0.1) is 0 Å². The Kier molecular flexibility index (Phi) is 3.19. The highest BCUT2D eigenvalue weighted by molar-refractivity contribution is 5.90. The van der Waals surface area contributed by atoms with Crippen LogP contribution in [0.1, 0.15) is 18.8 Å². The number of nitro benzene ring substituents is 1. The minimum atomic E-state index is -0.438. The molecular weight excluding hydrogens is 272 g/mol. The third-order valence-corrected chi connectivity index (χ3v) is 3.11. The van der Waals surface area contributed by atoms with Crippen LogP contribution in [0.25, 0.3) is 10.9 Å². The summed E-state index contributed by atoms with van der Waals surface area (Å²) in [5.41, 5.74) is 0.649. The van der Waals surface area contributed by atoms with E-state index in [2.05, 4.69) is 25.3 Å². The van der Waals surface area contributed by atoms with Crippen molar-refractivity contribution in [1.29, 1.82) is 0 Å². The molecule has 0 fully saturated rings. The molecule has 0 amide bonds. The fourth-order valence-corrected chi connectivity index (χ4v) is 2.06. The molecule has 0 aliphatic rings. The molecule has 8 nitrogen and oxygen atoms in total. The van der Waals surface area contributed by atoms with Crippen LogP contribution in [0.4, 0.5) is 11.5 Å². The molecule has 106 valence electrons. The highest BCUT2D eigenvalue weighted by Crippen LogP contribution is 2.26. The molecule has 1 atom stereocenters. The summed E-state index contributed by atoms with van der Waals surface area (Å²) in [5, 5.41) is 14.7. The van der Waals surface area contributed by atoms with Crippen molar-refractivity contribution >= 4 is 22.4 Å². The van der Waals surface area contributed by atoms with Crippen molar-refractivity contribution in [3.05, 3.63) is 52.9 Å². The number of fused-ring (bicyclic) bond motifs is 1. The zero-order chi connectivity index (χ0) is 14.8. The van der Waals surface area contributed by atoms with Gasteiger partial charge in [0.2, 0.25) is 0 Å². The van der Waals surface area contributed by atoms with Crippen molar-refractivity contribution in [1.82, 2.24) is 19.9 Å². The molecule has 0 saturated heterocycles. The topological polar surface area (TPSA) is 110 Å². The lowest BCUT2D eigenvalue weighted by Crippen LogP contribution is -2.10. The summed E-state index contributed by atoms with van der Waals surface area (Å²) >= 11 is 0. The van der Waals surface area contributed by atoms with E-state index in [0.717, 1.165) is 5.82 Å². The van der Waals surface area contributed by atoms with Crippen LogP contribution in [0.2, 0.25) is 0 Å². The lowest BCUT2D eigenvalue weighted by molar-refractivity contribution is -0.384. The van der Waals surface area contributed by atoms with Gasteiger partial charge in [0.25, 0.3) is 5.69 Å². The van der Waals surface area contributed by atoms with E-state index >= 15 is 0 Å². The maximum absolute atomic E-state index is 10.9. The molecule has 0 spiro atoms. The maximum Gasteiger partial charge on any atom is 0.270 e. The van der Waals surface area contributed by atoms with Crippen molar-refractivity contribution in [3.63, 3.8) is 0 Å². The number of anilines is 1. The number of benzene rings is 1. The van der Waals surface area contributed by atoms with E-state index in [4.69, 9.17) is 0 Å². The molecular formula is C13H12N6O2. The predicted octanol–water partition coefficient (Wildman–Crippen LogP) is 2.43. The summed E-state index contributed by atoms with van der Waals surface area (Å²) in [6, 6.07) is 4.39. The number of aromatic amines is 1. The SMILES string of the molecule is CC(Nc1ncnc2ccc([N+](=O)[O-])cc12)c1ncc[nH]1. The van der Waals surface area contributed by atoms with Gasteiger partial charge in [-0.05, 0) is 13.0 Å². The molecule has 0 aliphatic carbocycles. The molecule has 0 aliphatic heterocycles. The number of rotatable bonds is 4. The number of aromatic nitrogens is 4. The average molecular weight is 284 g/mol. The normalized spacial score (nSPS) is 12.2. The third-order valence-electron chi connectivity index (χ3n) is 3.11. The van der Waals surface area contributed by atoms with Gasteiger partial charge in [-0.25, -0.2) is 15.0 Å². The van der Waals surface area contributed by atoms with Gasteiger partial charge in [0.05, 0.1) is 16.5 Å². The van der Waals surface area contributed by atoms with Crippen LogP contribution in [0, 0.1) is 10.1 Å². The van der Waals surface area contributed by atoms with Crippen LogP contribution in [-0.2, 0) is 0 Å². The van der Waals surface area contributed by atoms with Gasteiger partial charge in [-0.1, -0.05) is 0 Å². The Balaban J connectivity index is 2.01. The lowest BCUT2D eigenvalue weighted by atomic mass is 10.2. The van der Waals surface area contributed by atoms with Gasteiger partial charge < -0.3 is 10.3 Å². The quantitative estimate of drug-likeness (QED) is 0.562. The minimum absolute atomic E-state index is 0.00556. The molecule has 2 heterocycles. The van der Waals surface area contributed by atoms with Crippen LogP contribution >= 0.6 is 0 Å². The fourth-order valence-electron chi connectivity index (χ4n) is 2.06. The van der Waals surface area contributed by atoms with E-state index in [1.165, 1.54) is 18.5 Å². The van der Waals surface area contributed by atoms with Gasteiger partial charge in [-0.3, -0.25) is 10.1 Å². The van der Waals surface area contributed by atoms with E-state index < -0.39 is 4.92 Å². The Hall–Kier alpha value is -3.03. The number of H-pyrrole nitrogens is 1. The van der Waals surface area contributed by atoms with E-state index in [0.29, 0.717) is 16.7 Å². The number of imidazole rings is 1. The van der Waals surface area contributed by atoms with Crippen LogP contribution in [0.3, 0.4) is 0 Å². The van der Waals surface area contributed by atoms with Crippen molar-refractivity contribution in [2.24, 2.45) is 0 Å². The highest BCUT2D eigenvalue weighted by atomic mass is 16.6. The molecule has 3 rings (SSSR count). The molecule has 0 bridgehead atoms. The maximum atomic E-state index is 10.9. The monoisotopic (exact) mass is 284 g/mol. The molecule has 0 saturated carbocycles. The molecule has 2 aromatic heterocycles. The Morgan fingerprint density at radius 2 is 2.19 bits per heavy atom. The molecule has 21 heavy (non-hydrogen) atoms. The Bertz CT molecular complexity index is 786. The van der Waals surface area contributed by atoms with Gasteiger partial charge in [0, 0.05) is 29.9 Å². The minimum Gasteiger partial charge on any atom is -0.360 e. The van der Waals surface area contributed by atoms with Crippen molar-refractivity contribution in [3.8, 4) is 0 Å². The summed E-state index contributed by atoms with van der Waals surface area (Å²) in [4.78, 5) is 25.9. The van der Waals surface area contributed by atoms with Gasteiger partial charge in [0.1, 0.15) is 18.0 Å². The van der Waals surface area contributed by atoms with Gasteiger partial charge in [-0.2, -0.15) is 0 Å². The molecule has 8 heteroatoms. The standard InChI is InChI=1S/C13H12N6O2/c1-8(12-14-4-5-15-12)18-13-10-6-9(19(20)21)2-3-11(10)16-7-17-13/h2-8H,1H3,(H,14,15)(H,16,17,18). The molecule has 0 radical (unpaired) electrons.